The fraction of sp³-hybridized carbons (Fsp3) is 0.0800. The van der Waals surface area contributed by atoms with Crippen molar-refractivity contribution in [3.63, 3.8) is 0 Å². The van der Waals surface area contributed by atoms with Gasteiger partial charge in [-0.1, -0.05) is 96.7 Å². The maximum Gasteiger partial charge on any atom is 0.276 e. The van der Waals surface area contributed by atoms with Crippen molar-refractivity contribution in [1.82, 2.24) is 10.3 Å². The second kappa shape index (κ2) is 8.62. The van der Waals surface area contributed by atoms with E-state index in [0.29, 0.717) is 10.9 Å². The zero-order valence-corrected chi connectivity index (χ0v) is 17.5. The number of rotatable bonds is 4. The number of nitrogens with zero attached hydrogens (tertiary/aromatic N) is 3. The maximum atomic E-state index is 13.1. The standard InChI is InChI=1S/C25H20N4OS/c30-24-23-20-13-7-8-14-21(20)26-22(16-15-18-9-3-1-4-10-18)29(23)28-25(27-24)31-17-19-11-5-2-6-12-19/h1-16,22H,17H2,(H,27,28,30)/b16-15+/t22-/m1/s1. The van der Waals surface area contributed by atoms with Gasteiger partial charge in [-0.3, -0.25) is 15.1 Å². The molecule has 1 atom stereocenters. The van der Waals surface area contributed by atoms with Crippen LogP contribution in [0, 0.1) is 0 Å². The fourth-order valence-corrected chi connectivity index (χ4v) is 4.34. The van der Waals surface area contributed by atoms with E-state index in [1.165, 1.54) is 17.3 Å². The highest BCUT2D eigenvalue weighted by Gasteiger charge is 2.32. The summed E-state index contributed by atoms with van der Waals surface area (Å²) >= 11 is 1.51. The number of thioether (sulfide) groups is 1. The van der Waals surface area contributed by atoms with E-state index in [9.17, 15) is 4.79 Å². The van der Waals surface area contributed by atoms with Gasteiger partial charge in [-0.15, -0.1) is 5.10 Å². The predicted octanol–water partition coefficient (Wildman–Crippen LogP) is 3.10. The third kappa shape index (κ3) is 4.15. The minimum absolute atomic E-state index is 0.161. The molecule has 2 aliphatic rings. The van der Waals surface area contributed by atoms with E-state index in [-0.39, 0.29) is 5.91 Å². The van der Waals surface area contributed by atoms with Crippen LogP contribution in [0.5, 0.6) is 0 Å². The molecule has 1 N–H and O–H groups in total. The Morgan fingerprint density at radius 2 is 1.65 bits per heavy atom. The first kappa shape index (κ1) is 19.3. The Hall–Kier alpha value is -3.64. The molecule has 0 saturated heterocycles. The zero-order valence-electron chi connectivity index (χ0n) is 16.7. The highest BCUT2D eigenvalue weighted by Crippen LogP contribution is 2.23. The molecule has 2 aliphatic heterocycles. The second-order valence-corrected chi connectivity index (χ2v) is 8.12. The normalized spacial score (nSPS) is 17.5. The van der Waals surface area contributed by atoms with Gasteiger partial charge in [0.15, 0.2) is 11.3 Å². The molecule has 0 saturated carbocycles. The number of carbonyl (C=O) groups is 1. The first-order valence-electron chi connectivity index (χ1n) is 10.0. The van der Waals surface area contributed by atoms with Gasteiger partial charge in [0.25, 0.3) is 5.91 Å². The molecule has 2 heterocycles. The number of hydrogen-bond donors (Lipinski definition) is 1. The Kier molecular flexibility index (Phi) is 5.37. The van der Waals surface area contributed by atoms with Gasteiger partial charge in [-0.05, 0) is 23.3 Å². The average Bonchev–Trinajstić information content (AvgIpc) is 2.82. The molecule has 5 nitrogen and oxygen atoms in total. The molecule has 3 aromatic rings. The zero-order chi connectivity index (χ0) is 21.0. The Bertz CT molecular complexity index is 1290. The van der Waals surface area contributed by atoms with E-state index in [2.05, 4.69) is 17.4 Å². The number of amides is 1. The summed E-state index contributed by atoms with van der Waals surface area (Å²) in [6, 6.07) is 27.9. The van der Waals surface area contributed by atoms with E-state index in [0.717, 1.165) is 21.9 Å². The van der Waals surface area contributed by atoms with Crippen molar-refractivity contribution >= 4 is 34.6 Å². The first-order chi connectivity index (χ1) is 15.3. The second-order valence-electron chi connectivity index (χ2n) is 7.16. The van der Waals surface area contributed by atoms with Crippen LogP contribution in [0.25, 0.3) is 11.8 Å². The predicted molar refractivity (Wildman–Crippen MR) is 125 cm³/mol. The molecule has 0 fully saturated rings. The lowest BCUT2D eigenvalue weighted by atomic mass is 10.1. The van der Waals surface area contributed by atoms with Crippen LogP contribution in [0.2, 0.25) is 0 Å². The molecule has 0 spiro atoms. The average molecular weight is 425 g/mol. The van der Waals surface area contributed by atoms with Gasteiger partial charge < -0.3 is 0 Å². The van der Waals surface area contributed by atoms with Gasteiger partial charge in [-0.2, -0.15) is 0 Å². The van der Waals surface area contributed by atoms with Crippen molar-refractivity contribution in [3.8, 4) is 0 Å². The maximum absolute atomic E-state index is 13.1. The summed E-state index contributed by atoms with van der Waals surface area (Å²) in [6.07, 6.45) is 3.59. The molecule has 3 aromatic carbocycles. The quantitative estimate of drug-likeness (QED) is 0.700. The molecule has 5 rings (SSSR count). The lowest BCUT2D eigenvalue weighted by Gasteiger charge is -2.32. The number of para-hydroxylation sites is 1. The highest BCUT2D eigenvalue weighted by molar-refractivity contribution is 8.13. The van der Waals surface area contributed by atoms with Gasteiger partial charge in [0.05, 0.1) is 5.36 Å². The fourth-order valence-electron chi connectivity index (χ4n) is 3.53. The minimum Gasteiger partial charge on any atom is -0.298 e. The SMILES string of the molecule is O=C1NC(SCc2ccccc2)=NN2C1=c1ccccc1=N[C@H]2/C=C/c1ccccc1. The largest absolute Gasteiger partial charge is 0.298 e. The van der Waals surface area contributed by atoms with E-state index < -0.39 is 6.17 Å². The number of amidine groups is 1. The molecule has 152 valence electrons. The van der Waals surface area contributed by atoms with Crippen LogP contribution in [-0.2, 0) is 10.5 Å². The Balaban J connectivity index is 1.51. The van der Waals surface area contributed by atoms with Crippen LogP contribution in [0.15, 0.2) is 101 Å². The van der Waals surface area contributed by atoms with Gasteiger partial charge >= 0.3 is 0 Å². The molecule has 0 unspecified atom stereocenters. The van der Waals surface area contributed by atoms with Crippen LogP contribution in [0.1, 0.15) is 11.1 Å². The summed E-state index contributed by atoms with van der Waals surface area (Å²) < 4.78 is 0. The molecular weight excluding hydrogens is 404 g/mol. The number of carbonyl (C=O) groups excluding carboxylic acids is 1. The number of fused-ring (bicyclic) bond motifs is 2. The lowest BCUT2D eigenvalue weighted by molar-refractivity contribution is -0.116. The van der Waals surface area contributed by atoms with Crippen LogP contribution in [0.3, 0.4) is 0 Å². The molecular formula is C25H20N4OS. The van der Waals surface area contributed by atoms with Crippen molar-refractivity contribution < 1.29 is 4.79 Å². The van der Waals surface area contributed by atoms with Crippen molar-refractivity contribution in [3.05, 3.63) is 113 Å². The van der Waals surface area contributed by atoms with Crippen LogP contribution in [0.4, 0.5) is 0 Å². The van der Waals surface area contributed by atoms with Crippen molar-refractivity contribution in [2.75, 3.05) is 0 Å². The molecule has 31 heavy (non-hydrogen) atoms. The van der Waals surface area contributed by atoms with Crippen molar-refractivity contribution in [2.24, 2.45) is 10.1 Å². The minimum atomic E-state index is -0.400. The summed E-state index contributed by atoms with van der Waals surface area (Å²) in [6.45, 7) is 0. The van der Waals surface area contributed by atoms with Crippen LogP contribution < -0.4 is 15.9 Å². The van der Waals surface area contributed by atoms with Crippen LogP contribution >= 0.6 is 11.8 Å². The summed E-state index contributed by atoms with van der Waals surface area (Å²) in [7, 11) is 0. The van der Waals surface area contributed by atoms with Crippen molar-refractivity contribution in [2.45, 2.75) is 11.9 Å². The van der Waals surface area contributed by atoms with Gasteiger partial charge in [-0.25, -0.2) is 5.01 Å². The Morgan fingerprint density at radius 1 is 0.935 bits per heavy atom. The van der Waals surface area contributed by atoms with E-state index in [1.807, 2.05) is 84.9 Å². The molecule has 1 amide bonds. The highest BCUT2D eigenvalue weighted by atomic mass is 32.2. The van der Waals surface area contributed by atoms with E-state index in [4.69, 9.17) is 10.1 Å². The summed E-state index contributed by atoms with van der Waals surface area (Å²) in [5.74, 6) is 0.562. The number of benzene rings is 3. The molecule has 0 bridgehead atoms. The molecule has 6 heteroatoms. The summed E-state index contributed by atoms with van der Waals surface area (Å²) in [4.78, 5) is 17.9. The van der Waals surface area contributed by atoms with Crippen molar-refractivity contribution in [1.29, 1.82) is 0 Å². The lowest BCUT2D eigenvalue weighted by Crippen LogP contribution is -2.52. The number of hydrazone groups is 1. The van der Waals surface area contributed by atoms with E-state index >= 15 is 0 Å². The van der Waals surface area contributed by atoms with Crippen LogP contribution in [-0.4, -0.2) is 22.2 Å². The number of hydrogen-bond acceptors (Lipinski definition) is 5. The summed E-state index contributed by atoms with van der Waals surface area (Å²) in [5, 5.41) is 11.6. The van der Waals surface area contributed by atoms with Gasteiger partial charge in [0.1, 0.15) is 5.70 Å². The first-order valence-corrected chi connectivity index (χ1v) is 11.0. The van der Waals surface area contributed by atoms with Gasteiger partial charge in [0.2, 0.25) is 0 Å². The molecule has 0 radical (unpaired) electrons. The topological polar surface area (TPSA) is 57.1 Å². The number of nitrogens with one attached hydrogen (secondary N) is 1. The molecule has 0 aliphatic carbocycles. The Morgan fingerprint density at radius 3 is 2.45 bits per heavy atom. The monoisotopic (exact) mass is 424 g/mol. The van der Waals surface area contributed by atoms with E-state index in [1.54, 1.807) is 5.01 Å². The Labute approximate surface area is 184 Å². The third-order valence-electron chi connectivity index (χ3n) is 5.02. The third-order valence-corrected chi connectivity index (χ3v) is 5.96. The van der Waals surface area contributed by atoms with Gasteiger partial charge in [0, 0.05) is 11.0 Å². The molecule has 0 aromatic heterocycles. The summed E-state index contributed by atoms with van der Waals surface area (Å²) in [5.41, 5.74) is 2.77. The smallest absolute Gasteiger partial charge is 0.276 e.